The standard InChI is InChI=1S/C28H30N6O6/c1-32(2)15-30-28-31-24-21(25(37)33(28)12-18-10-6-7-11-19(18)13-35)29-16-34(24)26-23-22(20(14-36)38-26)39-27(40-23)17-8-4-3-5-9-17/h3-11,15-16,20,22-23,26-27,35-36H,12-14H2,1-2H3/b30-15-/t20-,22-,23-,26-,27?/m1/s1. The number of ether oxygens (including phenoxy) is 3. The lowest BCUT2D eigenvalue weighted by molar-refractivity contribution is -0.153. The highest BCUT2D eigenvalue weighted by atomic mass is 16.8. The normalized spacial score (nSPS) is 24.2. The summed E-state index contributed by atoms with van der Waals surface area (Å²) >= 11 is 0. The molecule has 0 aliphatic carbocycles. The van der Waals surface area contributed by atoms with E-state index in [1.54, 1.807) is 15.8 Å². The highest BCUT2D eigenvalue weighted by Crippen LogP contribution is 2.44. The number of aliphatic imine (C=N–C) groups is 1. The molecular weight excluding hydrogens is 516 g/mol. The fourth-order valence-corrected chi connectivity index (χ4v) is 5.09. The van der Waals surface area contributed by atoms with Gasteiger partial charge in [-0.1, -0.05) is 54.6 Å². The van der Waals surface area contributed by atoms with Crippen molar-refractivity contribution in [3.05, 3.63) is 88.0 Å². The average Bonchev–Trinajstić information content (AvgIpc) is 3.68. The Labute approximate surface area is 229 Å². The van der Waals surface area contributed by atoms with Crippen molar-refractivity contribution in [1.29, 1.82) is 0 Å². The first kappa shape index (κ1) is 26.3. The van der Waals surface area contributed by atoms with Gasteiger partial charge in [-0.3, -0.25) is 13.9 Å². The summed E-state index contributed by atoms with van der Waals surface area (Å²) in [6.45, 7) is -0.276. The molecule has 12 nitrogen and oxygen atoms in total. The maximum atomic E-state index is 13.8. The Balaban J connectivity index is 1.41. The van der Waals surface area contributed by atoms with Crippen molar-refractivity contribution in [2.45, 2.75) is 44.0 Å². The van der Waals surface area contributed by atoms with Crippen LogP contribution in [0.5, 0.6) is 0 Å². The molecule has 2 aromatic heterocycles. The summed E-state index contributed by atoms with van der Waals surface area (Å²) in [4.78, 5) is 29.1. The van der Waals surface area contributed by atoms with E-state index in [0.717, 1.165) is 11.1 Å². The quantitative estimate of drug-likeness (QED) is 0.250. The Bertz CT molecular complexity index is 1590. The molecule has 5 atom stereocenters. The molecule has 6 rings (SSSR count). The van der Waals surface area contributed by atoms with Gasteiger partial charge in [-0.2, -0.15) is 4.98 Å². The van der Waals surface area contributed by atoms with Gasteiger partial charge in [0.25, 0.3) is 5.56 Å². The van der Waals surface area contributed by atoms with Crippen LogP contribution in [0.25, 0.3) is 11.2 Å². The predicted octanol–water partition coefficient (Wildman–Crippen LogP) is 1.73. The summed E-state index contributed by atoms with van der Waals surface area (Å²) in [5.74, 6) is 0.166. The summed E-state index contributed by atoms with van der Waals surface area (Å²) in [5, 5.41) is 19.8. The smallest absolute Gasteiger partial charge is 0.283 e. The van der Waals surface area contributed by atoms with Gasteiger partial charge in [-0.25, -0.2) is 9.98 Å². The van der Waals surface area contributed by atoms with Crippen LogP contribution in [0.3, 0.4) is 0 Å². The number of aromatic nitrogens is 4. The second-order valence-corrected chi connectivity index (χ2v) is 9.95. The first-order valence-electron chi connectivity index (χ1n) is 13.0. The lowest BCUT2D eigenvalue weighted by Crippen LogP contribution is -2.30. The molecule has 0 bridgehead atoms. The van der Waals surface area contributed by atoms with Crippen LogP contribution in [-0.4, -0.2) is 79.6 Å². The summed E-state index contributed by atoms with van der Waals surface area (Å²) in [6.07, 6.45) is -0.0556. The van der Waals surface area contributed by atoms with Crippen molar-refractivity contribution >= 4 is 23.5 Å². The summed E-state index contributed by atoms with van der Waals surface area (Å²) in [5.41, 5.74) is 2.35. The van der Waals surface area contributed by atoms with Crippen LogP contribution in [0.15, 0.2) is 70.7 Å². The molecular formula is C28H30N6O6. The van der Waals surface area contributed by atoms with Crippen molar-refractivity contribution in [3.8, 4) is 0 Å². The first-order valence-corrected chi connectivity index (χ1v) is 13.0. The predicted molar refractivity (Wildman–Crippen MR) is 145 cm³/mol. The van der Waals surface area contributed by atoms with E-state index in [9.17, 15) is 15.0 Å². The van der Waals surface area contributed by atoms with Crippen LogP contribution >= 0.6 is 0 Å². The van der Waals surface area contributed by atoms with Crippen molar-refractivity contribution < 1.29 is 24.4 Å². The molecule has 0 saturated carbocycles. The molecule has 2 saturated heterocycles. The van der Waals surface area contributed by atoms with E-state index in [1.165, 1.54) is 10.9 Å². The molecule has 40 heavy (non-hydrogen) atoms. The maximum absolute atomic E-state index is 13.8. The third kappa shape index (κ3) is 4.69. The Morgan fingerprint density at radius 2 is 1.73 bits per heavy atom. The van der Waals surface area contributed by atoms with Crippen LogP contribution in [0, 0.1) is 0 Å². The number of fused-ring (bicyclic) bond motifs is 2. The second-order valence-electron chi connectivity index (χ2n) is 9.95. The van der Waals surface area contributed by atoms with Gasteiger partial charge in [-0.15, -0.1) is 0 Å². The van der Waals surface area contributed by atoms with Crippen molar-refractivity contribution in [2.24, 2.45) is 4.99 Å². The maximum Gasteiger partial charge on any atom is 0.283 e. The Kier molecular flexibility index (Phi) is 7.17. The Hall–Kier alpha value is -3.94. The number of aliphatic hydroxyl groups is 2. The number of aliphatic hydroxyl groups excluding tert-OH is 2. The molecule has 12 heteroatoms. The van der Waals surface area contributed by atoms with Gasteiger partial charge in [-0.05, 0) is 11.1 Å². The topological polar surface area (TPSA) is 136 Å². The van der Waals surface area contributed by atoms with Crippen LogP contribution in [0.2, 0.25) is 0 Å². The fraction of sp³-hybridized carbons (Fsp3) is 0.357. The minimum Gasteiger partial charge on any atom is -0.394 e. The van der Waals surface area contributed by atoms with Gasteiger partial charge in [0, 0.05) is 19.7 Å². The lowest BCUT2D eigenvalue weighted by atomic mass is 10.1. The van der Waals surface area contributed by atoms with Gasteiger partial charge >= 0.3 is 0 Å². The highest BCUT2D eigenvalue weighted by Gasteiger charge is 2.53. The Morgan fingerprint density at radius 3 is 2.45 bits per heavy atom. The zero-order valence-electron chi connectivity index (χ0n) is 22.1. The molecule has 0 spiro atoms. The minimum absolute atomic E-state index is 0.136. The zero-order valence-corrected chi connectivity index (χ0v) is 22.1. The van der Waals surface area contributed by atoms with Gasteiger partial charge < -0.3 is 29.3 Å². The molecule has 2 fully saturated rings. The molecule has 4 aromatic rings. The number of hydrogen-bond donors (Lipinski definition) is 2. The average molecular weight is 547 g/mol. The van der Waals surface area contributed by atoms with Crippen molar-refractivity contribution in [2.75, 3.05) is 20.7 Å². The van der Waals surface area contributed by atoms with Crippen molar-refractivity contribution in [1.82, 2.24) is 24.0 Å². The summed E-state index contributed by atoms with van der Waals surface area (Å²) in [6, 6.07) is 16.9. The van der Waals surface area contributed by atoms with E-state index in [2.05, 4.69) is 9.98 Å². The molecule has 1 unspecified atom stereocenters. The van der Waals surface area contributed by atoms with E-state index >= 15 is 0 Å². The Morgan fingerprint density at radius 1 is 1.00 bits per heavy atom. The van der Waals surface area contributed by atoms with Crippen LogP contribution in [0.1, 0.15) is 29.2 Å². The molecule has 4 heterocycles. The SMILES string of the molecule is CN(C)/C=N\c1nc2c(ncn2[C@@H]2O[C@H](CO)[C@H]3OC(c4ccccc4)O[C@H]32)c(=O)n1Cc1ccccc1CO. The number of nitrogens with zero attached hydrogens (tertiary/aromatic N) is 6. The molecule has 208 valence electrons. The molecule has 0 amide bonds. The number of benzene rings is 2. The lowest BCUT2D eigenvalue weighted by Gasteiger charge is -2.21. The summed E-state index contributed by atoms with van der Waals surface area (Å²) < 4.78 is 21.7. The minimum atomic E-state index is -0.746. The second kappa shape index (κ2) is 10.9. The number of rotatable bonds is 8. The number of hydrogen-bond acceptors (Lipinski definition) is 9. The molecule has 2 aliphatic rings. The zero-order chi connectivity index (χ0) is 27.8. The van der Waals surface area contributed by atoms with Gasteiger partial charge in [0.15, 0.2) is 23.7 Å². The van der Waals surface area contributed by atoms with Gasteiger partial charge in [0.05, 0.1) is 32.4 Å². The number of imidazole rings is 1. The van der Waals surface area contributed by atoms with Crippen molar-refractivity contribution in [3.63, 3.8) is 0 Å². The molecule has 2 aliphatic heterocycles. The van der Waals surface area contributed by atoms with E-state index in [1.807, 2.05) is 68.7 Å². The van der Waals surface area contributed by atoms with E-state index in [-0.39, 0.29) is 42.4 Å². The third-order valence-corrected chi connectivity index (χ3v) is 7.06. The van der Waals surface area contributed by atoms with Crippen LogP contribution in [-0.2, 0) is 27.4 Å². The van der Waals surface area contributed by atoms with Crippen LogP contribution < -0.4 is 5.56 Å². The first-order chi connectivity index (χ1) is 19.5. The van der Waals surface area contributed by atoms with E-state index in [0.29, 0.717) is 5.56 Å². The largest absolute Gasteiger partial charge is 0.394 e. The molecule has 2 N–H and O–H groups in total. The molecule has 0 radical (unpaired) electrons. The summed E-state index contributed by atoms with van der Waals surface area (Å²) in [7, 11) is 3.63. The van der Waals surface area contributed by atoms with Gasteiger partial charge in [0.1, 0.15) is 18.3 Å². The molecule has 2 aromatic carbocycles. The highest BCUT2D eigenvalue weighted by molar-refractivity contribution is 5.72. The fourth-order valence-electron chi connectivity index (χ4n) is 5.09. The monoisotopic (exact) mass is 546 g/mol. The van der Waals surface area contributed by atoms with E-state index < -0.39 is 30.8 Å². The van der Waals surface area contributed by atoms with Gasteiger partial charge in [0.2, 0.25) is 5.95 Å². The van der Waals surface area contributed by atoms with E-state index in [4.69, 9.17) is 19.2 Å². The van der Waals surface area contributed by atoms with Crippen LogP contribution in [0.4, 0.5) is 5.95 Å². The third-order valence-electron chi connectivity index (χ3n) is 7.06.